The number of hydrogen-bond acceptors (Lipinski definition) is 3. The molecule has 19 heavy (non-hydrogen) atoms. The van der Waals surface area contributed by atoms with Crippen LogP contribution in [0.1, 0.15) is 55.6 Å². The molecule has 0 N–H and O–H groups in total. The van der Waals surface area contributed by atoms with Crippen LogP contribution in [0.15, 0.2) is 0 Å². The van der Waals surface area contributed by atoms with Gasteiger partial charge in [-0.1, -0.05) is 12.8 Å². The number of esters is 1. The lowest BCUT2D eigenvalue weighted by molar-refractivity contribution is -0.151. The van der Waals surface area contributed by atoms with Crippen LogP contribution in [0.4, 0.5) is 0 Å². The van der Waals surface area contributed by atoms with E-state index in [0.29, 0.717) is 6.61 Å². The number of aromatic nitrogens is 2. The van der Waals surface area contributed by atoms with E-state index in [1.165, 1.54) is 11.3 Å². The molecule has 0 bridgehead atoms. The van der Waals surface area contributed by atoms with Crippen LogP contribution in [-0.4, -0.2) is 22.4 Å². The van der Waals surface area contributed by atoms with Gasteiger partial charge in [-0.2, -0.15) is 5.10 Å². The lowest BCUT2D eigenvalue weighted by Gasteiger charge is -2.31. The Morgan fingerprint density at radius 2 is 2.00 bits per heavy atom. The Kier molecular flexibility index (Phi) is 4.27. The third kappa shape index (κ3) is 2.67. The van der Waals surface area contributed by atoms with Crippen molar-refractivity contribution in [3.8, 4) is 0 Å². The molecule has 1 aliphatic rings. The zero-order valence-corrected chi connectivity index (χ0v) is 12.4. The van der Waals surface area contributed by atoms with Gasteiger partial charge in [0, 0.05) is 5.69 Å². The fourth-order valence-electron chi connectivity index (χ4n) is 3.00. The number of carbonyl (C=O) groups excluding carboxylic acids is 1. The van der Waals surface area contributed by atoms with Crippen LogP contribution >= 0.6 is 0 Å². The van der Waals surface area contributed by atoms with E-state index in [4.69, 9.17) is 4.74 Å². The summed E-state index contributed by atoms with van der Waals surface area (Å²) in [5.74, 6) is -0.0940. The summed E-state index contributed by atoms with van der Waals surface area (Å²) in [6.45, 7) is 8.53. The molecule has 1 heterocycles. The number of carbonyl (C=O) groups is 1. The largest absolute Gasteiger partial charge is 0.466 e. The fraction of sp³-hybridized carbons (Fsp3) is 0.733. The molecule has 0 radical (unpaired) electrons. The molecule has 2 rings (SSSR count). The zero-order chi connectivity index (χ0) is 14.0. The zero-order valence-electron chi connectivity index (χ0n) is 12.4. The number of hydrogen-bond donors (Lipinski definition) is 0. The van der Waals surface area contributed by atoms with Crippen molar-refractivity contribution in [1.29, 1.82) is 0 Å². The van der Waals surface area contributed by atoms with Crippen molar-refractivity contribution in [3.05, 3.63) is 17.0 Å². The predicted octanol–water partition coefficient (Wildman–Crippen LogP) is 3.10. The van der Waals surface area contributed by atoms with Crippen LogP contribution in [-0.2, 0) is 9.53 Å². The second-order valence-corrected chi connectivity index (χ2v) is 5.45. The van der Waals surface area contributed by atoms with Crippen molar-refractivity contribution in [1.82, 2.24) is 9.78 Å². The van der Waals surface area contributed by atoms with E-state index in [-0.39, 0.29) is 17.9 Å². The normalized spacial score (nSPS) is 23.4. The quantitative estimate of drug-likeness (QED) is 0.788. The summed E-state index contributed by atoms with van der Waals surface area (Å²) < 4.78 is 7.29. The van der Waals surface area contributed by atoms with E-state index in [1.807, 2.05) is 13.8 Å². The summed E-state index contributed by atoms with van der Waals surface area (Å²) in [6.07, 6.45) is 4.21. The molecule has 4 heteroatoms. The van der Waals surface area contributed by atoms with Crippen molar-refractivity contribution < 1.29 is 9.53 Å². The van der Waals surface area contributed by atoms with Crippen molar-refractivity contribution in [2.45, 2.75) is 59.4 Å². The monoisotopic (exact) mass is 264 g/mol. The molecule has 1 aromatic rings. The Morgan fingerprint density at radius 3 is 2.58 bits per heavy atom. The number of ether oxygens (including phenoxy) is 1. The highest BCUT2D eigenvalue weighted by atomic mass is 16.5. The molecule has 1 saturated carbocycles. The molecule has 2 atom stereocenters. The van der Waals surface area contributed by atoms with Crippen LogP contribution in [0.2, 0.25) is 0 Å². The van der Waals surface area contributed by atoms with Crippen LogP contribution < -0.4 is 0 Å². The van der Waals surface area contributed by atoms with Gasteiger partial charge < -0.3 is 4.74 Å². The second-order valence-electron chi connectivity index (χ2n) is 5.45. The van der Waals surface area contributed by atoms with Gasteiger partial charge in [0.1, 0.15) is 0 Å². The maximum Gasteiger partial charge on any atom is 0.311 e. The van der Waals surface area contributed by atoms with Crippen molar-refractivity contribution in [3.63, 3.8) is 0 Å². The van der Waals surface area contributed by atoms with Crippen LogP contribution in [0.5, 0.6) is 0 Å². The first-order valence-corrected chi connectivity index (χ1v) is 7.25. The fourth-order valence-corrected chi connectivity index (χ4v) is 3.00. The summed E-state index contributed by atoms with van der Waals surface area (Å²) in [6, 6.07) is 0.167. The van der Waals surface area contributed by atoms with E-state index in [9.17, 15) is 4.79 Å². The maximum absolute atomic E-state index is 12.1. The summed E-state index contributed by atoms with van der Waals surface area (Å²) >= 11 is 0. The number of nitrogens with zero attached hydrogens (tertiary/aromatic N) is 2. The van der Waals surface area contributed by atoms with Gasteiger partial charge in [-0.25, -0.2) is 0 Å². The van der Waals surface area contributed by atoms with E-state index in [2.05, 4.69) is 23.6 Å². The maximum atomic E-state index is 12.1. The predicted molar refractivity (Wildman–Crippen MR) is 74.1 cm³/mol. The SMILES string of the molecule is CCOC(=O)C1CCCCC1n1nc(C)c(C)c1C. The molecule has 0 aromatic carbocycles. The lowest BCUT2D eigenvalue weighted by atomic mass is 9.84. The number of aryl methyl sites for hydroxylation is 1. The molecule has 0 aliphatic heterocycles. The first-order valence-electron chi connectivity index (χ1n) is 7.25. The minimum Gasteiger partial charge on any atom is -0.466 e. The van der Waals surface area contributed by atoms with Gasteiger partial charge in [0.2, 0.25) is 0 Å². The molecule has 4 nitrogen and oxygen atoms in total. The smallest absolute Gasteiger partial charge is 0.311 e. The average Bonchev–Trinajstić information content (AvgIpc) is 2.67. The molecule has 0 saturated heterocycles. The van der Waals surface area contributed by atoms with Gasteiger partial charge in [-0.15, -0.1) is 0 Å². The Labute approximate surface area is 115 Å². The first kappa shape index (κ1) is 14.1. The minimum atomic E-state index is -0.0580. The first-order chi connectivity index (χ1) is 9.06. The summed E-state index contributed by atoms with van der Waals surface area (Å²) in [7, 11) is 0. The Balaban J connectivity index is 2.28. The van der Waals surface area contributed by atoms with Gasteiger partial charge in [0.25, 0.3) is 0 Å². The molecule has 1 aromatic heterocycles. The van der Waals surface area contributed by atoms with Crippen LogP contribution in [0.25, 0.3) is 0 Å². The molecule has 2 unspecified atom stereocenters. The highest BCUT2D eigenvalue weighted by Gasteiger charge is 2.34. The third-order valence-corrected chi connectivity index (χ3v) is 4.32. The van der Waals surface area contributed by atoms with Gasteiger partial charge in [-0.3, -0.25) is 9.48 Å². The van der Waals surface area contributed by atoms with Crippen molar-refractivity contribution in [2.24, 2.45) is 5.92 Å². The van der Waals surface area contributed by atoms with Crippen molar-refractivity contribution >= 4 is 5.97 Å². The standard InChI is InChI=1S/C15H24N2O2/c1-5-19-15(18)13-8-6-7-9-14(13)17-12(4)10(2)11(3)16-17/h13-14H,5-9H2,1-4H3. The molecule has 0 amide bonds. The third-order valence-electron chi connectivity index (χ3n) is 4.32. The van der Waals surface area contributed by atoms with Gasteiger partial charge in [0.15, 0.2) is 0 Å². The lowest BCUT2D eigenvalue weighted by Crippen LogP contribution is -2.32. The Morgan fingerprint density at radius 1 is 1.32 bits per heavy atom. The minimum absolute atomic E-state index is 0.0360. The van der Waals surface area contributed by atoms with Gasteiger partial charge in [0.05, 0.1) is 24.3 Å². The van der Waals surface area contributed by atoms with Gasteiger partial charge in [-0.05, 0) is 46.1 Å². The van der Waals surface area contributed by atoms with Crippen LogP contribution in [0, 0.1) is 26.7 Å². The second kappa shape index (κ2) is 5.76. The molecular formula is C15H24N2O2. The highest BCUT2D eigenvalue weighted by Crippen LogP contribution is 2.36. The topological polar surface area (TPSA) is 44.1 Å². The Bertz CT molecular complexity index is 465. The molecular weight excluding hydrogens is 240 g/mol. The summed E-state index contributed by atoms with van der Waals surface area (Å²) in [4.78, 5) is 12.1. The van der Waals surface area contributed by atoms with Gasteiger partial charge >= 0.3 is 5.97 Å². The molecule has 1 aliphatic carbocycles. The van der Waals surface area contributed by atoms with Crippen molar-refractivity contribution in [2.75, 3.05) is 6.61 Å². The number of rotatable bonds is 3. The highest BCUT2D eigenvalue weighted by molar-refractivity contribution is 5.73. The van der Waals surface area contributed by atoms with E-state index in [0.717, 1.165) is 31.4 Å². The summed E-state index contributed by atoms with van der Waals surface area (Å²) in [5.41, 5.74) is 3.47. The summed E-state index contributed by atoms with van der Waals surface area (Å²) in [5, 5.41) is 4.64. The van der Waals surface area contributed by atoms with E-state index in [1.54, 1.807) is 0 Å². The molecule has 106 valence electrons. The van der Waals surface area contributed by atoms with E-state index >= 15 is 0 Å². The van der Waals surface area contributed by atoms with Crippen LogP contribution in [0.3, 0.4) is 0 Å². The molecule has 1 fully saturated rings. The Hall–Kier alpha value is -1.32. The molecule has 0 spiro atoms. The van der Waals surface area contributed by atoms with E-state index < -0.39 is 0 Å². The average molecular weight is 264 g/mol.